The van der Waals surface area contributed by atoms with E-state index in [0.717, 1.165) is 18.7 Å². The van der Waals surface area contributed by atoms with Crippen LogP contribution in [0.1, 0.15) is 18.7 Å². The zero-order valence-electron chi connectivity index (χ0n) is 13.3. The van der Waals surface area contributed by atoms with Gasteiger partial charge in [-0.1, -0.05) is 0 Å². The van der Waals surface area contributed by atoms with Crippen LogP contribution in [0.4, 0.5) is 0 Å². The van der Waals surface area contributed by atoms with Crippen molar-refractivity contribution in [3.05, 3.63) is 42.7 Å². The van der Waals surface area contributed by atoms with Crippen molar-refractivity contribution < 1.29 is 13.2 Å². The molecule has 1 aliphatic carbocycles. The van der Waals surface area contributed by atoms with E-state index in [-0.39, 0.29) is 11.2 Å². The third kappa shape index (κ3) is 3.16. The SMILES string of the molecule is O=S(=O)(C1CC1)N1Cc2nccn2CC(COc2cccnc2)C1. The predicted octanol–water partition coefficient (Wildman–Crippen LogP) is 1.28. The molecule has 3 heterocycles. The molecule has 8 heteroatoms. The quantitative estimate of drug-likeness (QED) is 0.813. The molecule has 0 radical (unpaired) electrons. The van der Waals surface area contributed by atoms with Crippen molar-refractivity contribution in [3.63, 3.8) is 0 Å². The summed E-state index contributed by atoms with van der Waals surface area (Å²) in [5.74, 6) is 1.56. The van der Waals surface area contributed by atoms with Crippen LogP contribution in [0.15, 0.2) is 36.9 Å². The molecule has 1 atom stereocenters. The van der Waals surface area contributed by atoms with E-state index in [1.807, 2.05) is 22.9 Å². The summed E-state index contributed by atoms with van der Waals surface area (Å²) < 4.78 is 34.8. The Kier molecular flexibility index (Phi) is 4.01. The van der Waals surface area contributed by atoms with Gasteiger partial charge in [0.25, 0.3) is 0 Å². The highest BCUT2D eigenvalue weighted by molar-refractivity contribution is 7.90. The standard InChI is InChI=1S/C16H20N4O3S/c21-24(22,15-3-4-15)20-10-13(9-19-7-6-18-16(19)11-20)12-23-14-2-1-5-17-8-14/h1-2,5-8,13,15H,3-4,9-12H2. The van der Waals surface area contributed by atoms with Crippen LogP contribution in [0.5, 0.6) is 5.75 Å². The van der Waals surface area contributed by atoms with Crippen LogP contribution >= 0.6 is 0 Å². The zero-order valence-corrected chi connectivity index (χ0v) is 14.1. The van der Waals surface area contributed by atoms with Gasteiger partial charge in [-0.3, -0.25) is 4.98 Å². The van der Waals surface area contributed by atoms with E-state index in [4.69, 9.17) is 4.74 Å². The van der Waals surface area contributed by atoms with E-state index >= 15 is 0 Å². The average molecular weight is 348 g/mol. The Balaban J connectivity index is 1.53. The van der Waals surface area contributed by atoms with Crippen molar-refractivity contribution in [1.29, 1.82) is 0 Å². The second-order valence-electron chi connectivity index (χ2n) is 6.40. The first-order valence-electron chi connectivity index (χ1n) is 8.15. The molecule has 1 aliphatic heterocycles. The minimum atomic E-state index is -3.24. The van der Waals surface area contributed by atoms with Crippen LogP contribution in [0.3, 0.4) is 0 Å². The molecule has 24 heavy (non-hydrogen) atoms. The van der Waals surface area contributed by atoms with E-state index < -0.39 is 10.0 Å². The maximum absolute atomic E-state index is 12.7. The number of nitrogens with zero attached hydrogens (tertiary/aromatic N) is 4. The summed E-state index contributed by atoms with van der Waals surface area (Å²) in [5, 5.41) is -0.209. The molecule has 1 saturated carbocycles. The summed E-state index contributed by atoms with van der Waals surface area (Å²) >= 11 is 0. The van der Waals surface area contributed by atoms with Gasteiger partial charge in [-0.25, -0.2) is 13.4 Å². The van der Waals surface area contributed by atoms with Crippen molar-refractivity contribution in [2.24, 2.45) is 5.92 Å². The lowest BCUT2D eigenvalue weighted by Crippen LogP contribution is -2.37. The van der Waals surface area contributed by atoms with Crippen molar-refractivity contribution >= 4 is 10.0 Å². The average Bonchev–Trinajstić information content (AvgIpc) is 3.38. The molecule has 4 rings (SSSR count). The summed E-state index contributed by atoms with van der Waals surface area (Å²) in [6.07, 6.45) is 8.52. The van der Waals surface area contributed by atoms with Gasteiger partial charge in [-0.05, 0) is 25.0 Å². The maximum atomic E-state index is 12.7. The highest BCUT2D eigenvalue weighted by Gasteiger charge is 2.42. The topological polar surface area (TPSA) is 77.3 Å². The summed E-state index contributed by atoms with van der Waals surface area (Å²) in [5.41, 5.74) is 0. The number of hydrogen-bond donors (Lipinski definition) is 0. The molecule has 1 fully saturated rings. The number of pyridine rings is 1. The first kappa shape index (κ1) is 15.6. The Morgan fingerprint density at radius 2 is 2.12 bits per heavy atom. The van der Waals surface area contributed by atoms with Crippen LogP contribution < -0.4 is 4.74 Å². The molecule has 1 unspecified atom stereocenters. The van der Waals surface area contributed by atoms with Gasteiger partial charge in [0.2, 0.25) is 10.0 Å². The second kappa shape index (κ2) is 6.18. The lowest BCUT2D eigenvalue weighted by Gasteiger charge is -2.23. The monoisotopic (exact) mass is 348 g/mol. The molecule has 2 aromatic rings. The Bertz CT molecular complexity index is 802. The van der Waals surface area contributed by atoms with Gasteiger partial charge < -0.3 is 9.30 Å². The molecule has 0 amide bonds. The predicted molar refractivity (Wildman–Crippen MR) is 87.8 cm³/mol. The lowest BCUT2D eigenvalue weighted by molar-refractivity contribution is 0.211. The molecule has 2 aliphatic rings. The van der Waals surface area contributed by atoms with Crippen LogP contribution in [-0.2, 0) is 23.1 Å². The highest BCUT2D eigenvalue weighted by atomic mass is 32.2. The van der Waals surface area contributed by atoms with Crippen molar-refractivity contribution in [1.82, 2.24) is 18.8 Å². The Hall–Kier alpha value is -1.93. The minimum absolute atomic E-state index is 0.0641. The fourth-order valence-corrected chi connectivity index (χ4v) is 4.89. The first-order chi connectivity index (χ1) is 11.6. The summed E-state index contributed by atoms with van der Waals surface area (Å²) in [7, 11) is -3.24. The fourth-order valence-electron chi connectivity index (χ4n) is 3.03. The molecule has 7 nitrogen and oxygen atoms in total. The third-order valence-corrected chi connectivity index (χ3v) is 6.77. The largest absolute Gasteiger partial charge is 0.492 e. The van der Waals surface area contributed by atoms with E-state index in [1.54, 1.807) is 22.9 Å². The highest BCUT2D eigenvalue weighted by Crippen LogP contribution is 2.33. The van der Waals surface area contributed by atoms with E-state index in [2.05, 4.69) is 9.97 Å². The molecule has 0 saturated heterocycles. The van der Waals surface area contributed by atoms with Gasteiger partial charge in [-0.15, -0.1) is 0 Å². The normalized spacial score (nSPS) is 21.9. The molecule has 128 valence electrons. The van der Waals surface area contributed by atoms with E-state index in [9.17, 15) is 8.42 Å². The molecule has 2 aromatic heterocycles. The number of ether oxygens (including phenoxy) is 1. The van der Waals surface area contributed by atoms with Crippen LogP contribution in [-0.4, -0.2) is 45.7 Å². The zero-order chi connectivity index (χ0) is 16.6. The van der Waals surface area contributed by atoms with Gasteiger partial charge in [0.05, 0.1) is 24.6 Å². The van der Waals surface area contributed by atoms with Crippen LogP contribution in [0.25, 0.3) is 0 Å². The molecule has 0 aromatic carbocycles. The smallest absolute Gasteiger partial charge is 0.217 e. The summed E-state index contributed by atoms with van der Waals surface area (Å²) in [4.78, 5) is 8.35. The Labute approximate surface area is 141 Å². The summed E-state index contributed by atoms with van der Waals surface area (Å²) in [6, 6.07) is 3.67. The number of hydrogen-bond acceptors (Lipinski definition) is 5. The van der Waals surface area contributed by atoms with Gasteiger partial charge >= 0.3 is 0 Å². The third-order valence-electron chi connectivity index (χ3n) is 4.46. The maximum Gasteiger partial charge on any atom is 0.217 e. The lowest BCUT2D eigenvalue weighted by atomic mass is 10.1. The van der Waals surface area contributed by atoms with E-state index in [1.165, 1.54) is 0 Å². The van der Waals surface area contributed by atoms with Crippen molar-refractivity contribution in [2.75, 3.05) is 13.2 Å². The van der Waals surface area contributed by atoms with Gasteiger partial charge in [-0.2, -0.15) is 4.31 Å². The Morgan fingerprint density at radius 3 is 2.88 bits per heavy atom. The van der Waals surface area contributed by atoms with Crippen molar-refractivity contribution in [3.8, 4) is 5.75 Å². The molecular weight excluding hydrogens is 328 g/mol. The molecule has 0 bridgehead atoms. The van der Waals surface area contributed by atoms with E-state index in [0.29, 0.717) is 32.0 Å². The number of fused-ring (bicyclic) bond motifs is 1. The molecular formula is C16H20N4O3S. The Morgan fingerprint density at radius 1 is 1.25 bits per heavy atom. The first-order valence-corrected chi connectivity index (χ1v) is 9.65. The fraction of sp³-hybridized carbons (Fsp3) is 0.500. The van der Waals surface area contributed by atoms with Crippen molar-refractivity contribution in [2.45, 2.75) is 31.2 Å². The number of rotatable bonds is 5. The van der Waals surface area contributed by atoms with Gasteiger partial charge in [0.1, 0.15) is 11.6 Å². The molecule has 0 spiro atoms. The van der Waals surface area contributed by atoms with Gasteiger partial charge in [0, 0.05) is 37.6 Å². The van der Waals surface area contributed by atoms with Gasteiger partial charge in [0.15, 0.2) is 0 Å². The second-order valence-corrected chi connectivity index (χ2v) is 8.61. The van der Waals surface area contributed by atoms with Crippen LogP contribution in [0, 0.1) is 5.92 Å². The number of aromatic nitrogens is 3. The number of sulfonamides is 1. The summed E-state index contributed by atoms with van der Waals surface area (Å²) in [6.45, 7) is 1.95. The minimum Gasteiger partial charge on any atom is -0.492 e. The molecule has 0 N–H and O–H groups in total. The van der Waals surface area contributed by atoms with Crippen LogP contribution in [0.2, 0.25) is 0 Å². The number of imidazole rings is 1.